The van der Waals surface area contributed by atoms with Crippen molar-refractivity contribution < 1.29 is 14.3 Å². The number of benzene rings is 1. The summed E-state index contributed by atoms with van der Waals surface area (Å²) >= 11 is 0. The number of esters is 1. The van der Waals surface area contributed by atoms with Gasteiger partial charge in [0.25, 0.3) is 0 Å². The predicted octanol–water partition coefficient (Wildman–Crippen LogP) is 4.64. The maximum absolute atomic E-state index is 12.2. The minimum Gasteiger partial charge on any atom is -0.460 e. The summed E-state index contributed by atoms with van der Waals surface area (Å²) < 4.78 is 12.6. The van der Waals surface area contributed by atoms with Crippen LogP contribution >= 0.6 is 0 Å². The fourth-order valence-electron chi connectivity index (χ4n) is 4.04. The molecule has 1 unspecified atom stereocenters. The van der Waals surface area contributed by atoms with Gasteiger partial charge in [0.1, 0.15) is 17.4 Å². The number of nitrogens with two attached hydrogens (primary N) is 1. The van der Waals surface area contributed by atoms with Crippen molar-refractivity contribution >= 4 is 11.7 Å². The van der Waals surface area contributed by atoms with E-state index in [-0.39, 0.29) is 30.3 Å². The average molecular weight is 462 g/mol. The second-order valence-electron chi connectivity index (χ2n) is 8.59. The standard InChI is InChI=1S/C26H31N5O3/c1-7-33-26(32)25-29-12-13-31(25)19-10-8-18(9-11-19)22-20(14-27)24(28)34-17(6)21(22)23(15(2)3)30-16(4)5/h8-13,15-16,22H,7,28H2,1-6H3. The lowest BCUT2D eigenvalue weighted by molar-refractivity contribution is 0.0510. The maximum Gasteiger partial charge on any atom is 0.374 e. The van der Waals surface area contributed by atoms with E-state index in [4.69, 9.17) is 20.2 Å². The van der Waals surface area contributed by atoms with Crippen molar-refractivity contribution in [3.8, 4) is 11.8 Å². The molecule has 3 rings (SSSR count). The molecule has 1 aromatic heterocycles. The minimum atomic E-state index is -0.490. The first-order valence-electron chi connectivity index (χ1n) is 11.4. The van der Waals surface area contributed by atoms with Crippen molar-refractivity contribution in [2.45, 2.75) is 53.5 Å². The average Bonchev–Trinajstić information content (AvgIpc) is 3.27. The van der Waals surface area contributed by atoms with Crippen molar-refractivity contribution in [2.75, 3.05) is 6.61 Å². The highest BCUT2D eigenvalue weighted by molar-refractivity contribution is 6.04. The van der Waals surface area contributed by atoms with Crippen molar-refractivity contribution in [3.05, 3.63) is 70.8 Å². The molecule has 1 aliphatic heterocycles. The van der Waals surface area contributed by atoms with Crippen molar-refractivity contribution in [1.82, 2.24) is 9.55 Å². The van der Waals surface area contributed by atoms with Crippen LogP contribution in [0.4, 0.5) is 0 Å². The molecule has 178 valence electrons. The van der Waals surface area contributed by atoms with Gasteiger partial charge in [0.15, 0.2) is 0 Å². The van der Waals surface area contributed by atoms with Gasteiger partial charge in [0.2, 0.25) is 11.7 Å². The Morgan fingerprint density at radius 2 is 1.97 bits per heavy atom. The van der Waals surface area contributed by atoms with Crippen LogP contribution in [0.5, 0.6) is 0 Å². The zero-order chi connectivity index (χ0) is 25.0. The highest BCUT2D eigenvalue weighted by atomic mass is 16.5. The van der Waals surface area contributed by atoms with Crippen LogP contribution in [0, 0.1) is 17.2 Å². The van der Waals surface area contributed by atoms with Gasteiger partial charge in [-0.05, 0) is 51.3 Å². The van der Waals surface area contributed by atoms with Gasteiger partial charge in [-0.2, -0.15) is 5.26 Å². The van der Waals surface area contributed by atoms with Crippen molar-refractivity contribution in [2.24, 2.45) is 16.6 Å². The molecular formula is C26H31N5O3. The molecule has 0 amide bonds. The number of hydrogen-bond acceptors (Lipinski definition) is 7. The molecular weight excluding hydrogens is 430 g/mol. The zero-order valence-electron chi connectivity index (χ0n) is 20.5. The topological polar surface area (TPSA) is 116 Å². The lowest BCUT2D eigenvalue weighted by Gasteiger charge is -2.30. The number of allylic oxidation sites excluding steroid dienone is 3. The Morgan fingerprint density at radius 1 is 1.29 bits per heavy atom. The van der Waals surface area contributed by atoms with Crippen LogP contribution in [0.25, 0.3) is 5.69 Å². The van der Waals surface area contributed by atoms with Gasteiger partial charge in [0.05, 0.1) is 12.5 Å². The number of carbonyl (C=O) groups is 1. The van der Waals surface area contributed by atoms with Crippen LogP contribution in [0.2, 0.25) is 0 Å². The Bertz CT molecular complexity index is 1190. The Kier molecular flexibility index (Phi) is 7.57. The van der Waals surface area contributed by atoms with E-state index in [2.05, 4.69) is 24.9 Å². The van der Waals surface area contributed by atoms with E-state index in [1.807, 2.05) is 45.0 Å². The number of nitrogens with zero attached hydrogens (tertiary/aromatic N) is 4. The van der Waals surface area contributed by atoms with E-state index >= 15 is 0 Å². The molecule has 0 saturated heterocycles. The fourth-order valence-corrected chi connectivity index (χ4v) is 4.04. The SMILES string of the molecule is CCOC(=O)c1nccn1-c1ccc(C2C(C#N)=C(N)OC(C)=C2C(=NC(C)C)C(C)C)cc1. The van der Waals surface area contributed by atoms with Crippen LogP contribution in [0.3, 0.4) is 0 Å². The Hall–Kier alpha value is -3.86. The summed E-state index contributed by atoms with van der Waals surface area (Å²) in [4.78, 5) is 21.2. The maximum atomic E-state index is 12.2. The van der Waals surface area contributed by atoms with Crippen LogP contribution in [-0.4, -0.2) is 33.9 Å². The summed E-state index contributed by atoms with van der Waals surface area (Å²) in [6.45, 7) is 12.1. The summed E-state index contributed by atoms with van der Waals surface area (Å²) in [5.41, 5.74) is 9.84. The third-order valence-corrected chi connectivity index (χ3v) is 5.43. The van der Waals surface area contributed by atoms with E-state index in [9.17, 15) is 10.1 Å². The Balaban J connectivity index is 2.10. The molecule has 0 fully saturated rings. The lowest BCUT2D eigenvalue weighted by atomic mass is 9.78. The Morgan fingerprint density at radius 3 is 2.53 bits per heavy atom. The molecule has 0 bridgehead atoms. The van der Waals surface area contributed by atoms with Gasteiger partial charge >= 0.3 is 5.97 Å². The predicted molar refractivity (Wildman–Crippen MR) is 130 cm³/mol. The van der Waals surface area contributed by atoms with Crippen molar-refractivity contribution in [1.29, 1.82) is 5.26 Å². The molecule has 8 nitrogen and oxygen atoms in total. The van der Waals surface area contributed by atoms with Gasteiger partial charge in [-0.3, -0.25) is 9.56 Å². The smallest absolute Gasteiger partial charge is 0.374 e. The van der Waals surface area contributed by atoms with Gasteiger partial charge in [0, 0.05) is 35.4 Å². The molecule has 2 N–H and O–H groups in total. The van der Waals surface area contributed by atoms with Crippen LogP contribution < -0.4 is 5.73 Å². The molecule has 0 spiro atoms. The highest BCUT2D eigenvalue weighted by Gasteiger charge is 2.35. The number of aliphatic imine (C=N–C) groups is 1. The molecule has 1 aliphatic rings. The third-order valence-electron chi connectivity index (χ3n) is 5.43. The largest absolute Gasteiger partial charge is 0.460 e. The van der Waals surface area contributed by atoms with Crippen molar-refractivity contribution in [3.63, 3.8) is 0 Å². The number of imidazole rings is 1. The fraction of sp³-hybridized carbons (Fsp3) is 0.385. The third kappa shape index (κ3) is 4.88. The first kappa shape index (κ1) is 24.8. The van der Waals surface area contributed by atoms with Crippen LogP contribution in [0.1, 0.15) is 63.6 Å². The van der Waals surface area contributed by atoms with E-state index in [1.54, 1.807) is 23.9 Å². The molecule has 2 heterocycles. The normalized spacial score (nSPS) is 16.7. The summed E-state index contributed by atoms with van der Waals surface area (Å²) in [7, 11) is 0. The minimum absolute atomic E-state index is 0.0806. The number of nitriles is 1. The summed E-state index contributed by atoms with van der Waals surface area (Å²) in [6, 6.07) is 9.92. The van der Waals surface area contributed by atoms with Gasteiger partial charge in [-0.25, -0.2) is 9.78 Å². The highest BCUT2D eigenvalue weighted by Crippen LogP contribution is 2.41. The summed E-state index contributed by atoms with van der Waals surface area (Å²) in [5, 5.41) is 9.96. The molecule has 1 aromatic carbocycles. The summed E-state index contributed by atoms with van der Waals surface area (Å²) in [6.07, 6.45) is 3.26. The first-order chi connectivity index (χ1) is 16.2. The molecule has 34 heavy (non-hydrogen) atoms. The van der Waals surface area contributed by atoms with E-state index in [1.165, 1.54) is 0 Å². The van der Waals surface area contributed by atoms with Gasteiger partial charge < -0.3 is 15.2 Å². The number of ether oxygens (including phenoxy) is 2. The van der Waals surface area contributed by atoms with Crippen LogP contribution in [-0.2, 0) is 9.47 Å². The first-order valence-corrected chi connectivity index (χ1v) is 11.4. The quantitative estimate of drug-likeness (QED) is 0.474. The molecule has 0 aliphatic carbocycles. The number of hydrogen-bond donors (Lipinski definition) is 1. The monoisotopic (exact) mass is 461 g/mol. The second-order valence-corrected chi connectivity index (χ2v) is 8.59. The molecule has 0 radical (unpaired) electrons. The molecule has 8 heteroatoms. The zero-order valence-corrected chi connectivity index (χ0v) is 20.5. The Labute approximate surface area is 200 Å². The number of carbonyl (C=O) groups excluding carboxylic acids is 1. The number of aromatic nitrogens is 2. The van der Waals surface area contributed by atoms with Gasteiger partial charge in [-0.1, -0.05) is 26.0 Å². The molecule has 0 saturated carbocycles. The van der Waals surface area contributed by atoms with E-state index in [0.717, 1.165) is 22.5 Å². The number of rotatable bonds is 7. The molecule has 1 atom stereocenters. The van der Waals surface area contributed by atoms with Crippen LogP contribution in [0.15, 0.2) is 64.4 Å². The lowest BCUT2D eigenvalue weighted by Crippen LogP contribution is -2.27. The molecule has 2 aromatic rings. The van der Waals surface area contributed by atoms with Gasteiger partial charge in [-0.15, -0.1) is 0 Å². The summed E-state index contributed by atoms with van der Waals surface area (Å²) in [5.74, 6) is 0.151. The second kappa shape index (κ2) is 10.4. The van der Waals surface area contributed by atoms with E-state index < -0.39 is 11.9 Å². The van der Waals surface area contributed by atoms with E-state index in [0.29, 0.717) is 11.3 Å².